The van der Waals surface area contributed by atoms with E-state index in [9.17, 15) is 33.9 Å². The standard InChI is InChI=1S/C28H29N5O7S/c1-27(2)21(23(37)38)33-24(39)28(29-16-34,25(33)41-27)31-22(36)20(18-12-8-5-9-13-18)30-26(40)32(3)19(35)15-14-17-10-6-4-7-11-17/h4-16,20-21,25H,1-3H3,(H,29,34)(H,30,40)(H,31,36)(H,37,38)/b15-14+/t20?,21-,25+,28+/m0/s1. The summed E-state index contributed by atoms with van der Waals surface area (Å²) in [4.78, 5) is 78.2. The molecule has 4 rings (SSSR count). The molecule has 2 aliphatic rings. The second-order valence-corrected chi connectivity index (χ2v) is 11.8. The smallest absolute Gasteiger partial charge is 0.327 e. The summed E-state index contributed by atoms with van der Waals surface area (Å²) in [5, 5.41) is 16.3. The van der Waals surface area contributed by atoms with Crippen LogP contribution in [0.25, 0.3) is 6.08 Å². The van der Waals surface area contributed by atoms with E-state index in [1.54, 1.807) is 74.5 Å². The first-order chi connectivity index (χ1) is 19.4. The first-order valence-electron chi connectivity index (χ1n) is 12.6. The highest BCUT2D eigenvalue weighted by Crippen LogP contribution is 2.54. The molecule has 6 amide bonds. The van der Waals surface area contributed by atoms with Gasteiger partial charge in [-0.2, -0.15) is 0 Å². The fraction of sp³-hybridized carbons (Fsp3) is 0.286. The van der Waals surface area contributed by atoms with Gasteiger partial charge < -0.3 is 26.0 Å². The van der Waals surface area contributed by atoms with Crippen LogP contribution < -0.4 is 16.0 Å². The molecule has 214 valence electrons. The third-order valence-electron chi connectivity index (χ3n) is 6.90. The van der Waals surface area contributed by atoms with E-state index >= 15 is 0 Å². The van der Waals surface area contributed by atoms with Gasteiger partial charge in [-0.15, -0.1) is 11.8 Å². The van der Waals surface area contributed by atoms with Gasteiger partial charge in [-0.25, -0.2) is 9.59 Å². The Kier molecular flexibility index (Phi) is 8.19. The van der Waals surface area contributed by atoms with Crippen LogP contribution in [0.2, 0.25) is 0 Å². The quantitative estimate of drug-likeness (QED) is 0.149. The van der Waals surface area contributed by atoms with E-state index in [0.717, 1.165) is 27.1 Å². The van der Waals surface area contributed by atoms with Crippen molar-refractivity contribution in [3.63, 3.8) is 0 Å². The normalized spacial score (nSPS) is 23.1. The van der Waals surface area contributed by atoms with Gasteiger partial charge in [0.1, 0.15) is 17.5 Å². The number of nitrogens with zero attached hydrogens (tertiary/aromatic N) is 2. The SMILES string of the molecule is CN(C(=O)/C=C/c1ccccc1)C(=O)NC(C(=O)N[C@]1(NC=O)C(=O)N2[C@@H](C(=O)O)C(C)(C)S[C@@H]21)c1ccccc1. The Morgan fingerprint density at radius 3 is 2.24 bits per heavy atom. The van der Waals surface area contributed by atoms with E-state index in [-0.39, 0.29) is 6.41 Å². The molecule has 0 aliphatic carbocycles. The number of benzene rings is 2. The highest BCUT2D eigenvalue weighted by atomic mass is 32.2. The topological polar surface area (TPSA) is 165 Å². The number of hydrogen-bond acceptors (Lipinski definition) is 7. The van der Waals surface area contributed by atoms with Crippen LogP contribution in [-0.4, -0.2) is 79.9 Å². The Hall–Kier alpha value is -4.65. The number of carbonyl (C=O) groups is 6. The Morgan fingerprint density at radius 1 is 1.05 bits per heavy atom. The molecule has 41 heavy (non-hydrogen) atoms. The van der Waals surface area contributed by atoms with E-state index < -0.39 is 57.6 Å². The van der Waals surface area contributed by atoms with E-state index in [2.05, 4.69) is 16.0 Å². The number of thioether (sulfide) groups is 1. The lowest BCUT2D eigenvalue weighted by Gasteiger charge is -2.52. The van der Waals surface area contributed by atoms with E-state index in [4.69, 9.17) is 0 Å². The number of rotatable bonds is 9. The fourth-order valence-electron chi connectivity index (χ4n) is 4.81. The van der Waals surface area contributed by atoms with Crippen molar-refractivity contribution in [2.75, 3.05) is 7.05 Å². The number of likely N-dealkylation sites (N-methyl/N-ethyl adjacent to an activating group) is 1. The maximum Gasteiger partial charge on any atom is 0.327 e. The van der Waals surface area contributed by atoms with E-state index in [1.165, 1.54) is 13.1 Å². The lowest BCUT2D eigenvalue weighted by atomic mass is 9.91. The second-order valence-electron chi connectivity index (χ2n) is 10.0. The molecule has 4 N–H and O–H groups in total. The predicted molar refractivity (Wildman–Crippen MR) is 150 cm³/mol. The van der Waals surface area contributed by atoms with Crippen LogP contribution in [0.4, 0.5) is 4.79 Å². The van der Waals surface area contributed by atoms with Crippen LogP contribution in [0, 0.1) is 0 Å². The molecule has 2 saturated heterocycles. The molecule has 4 atom stereocenters. The van der Waals surface area contributed by atoms with Crippen LogP contribution in [0.15, 0.2) is 66.7 Å². The number of β-lactam (4-membered cyclic amide) rings is 1. The van der Waals surface area contributed by atoms with Crippen molar-refractivity contribution in [1.29, 1.82) is 0 Å². The summed E-state index contributed by atoms with van der Waals surface area (Å²) in [6.45, 7) is 3.31. The molecule has 12 nitrogen and oxygen atoms in total. The third kappa shape index (κ3) is 5.53. The molecule has 0 aromatic heterocycles. The monoisotopic (exact) mass is 579 g/mol. The van der Waals surface area contributed by atoms with Gasteiger partial charge >= 0.3 is 12.0 Å². The summed E-state index contributed by atoms with van der Waals surface area (Å²) in [5.74, 6) is -3.52. The Morgan fingerprint density at radius 2 is 1.66 bits per heavy atom. The maximum absolute atomic E-state index is 13.7. The minimum absolute atomic E-state index is 0.249. The summed E-state index contributed by atoms with van der Waals surface area (Å²) >= 11 is 1.12. The highest BCUT2D eigenvalue weighted by molar-refractivity contribution is 8.01. The lowest BCUT2D eigenvalue weighted by Crippen LogP contribution is -2.85. The van der Waals surface area contributed by atoms with Crippen molar-refractivity contribution >= 4 is 54.0 Å². The first-order valence-corrected chi connectivity index (χ1v) is 13.4. The number of nitrogens with one attached hydrogen (secondary N) is 3. The molecule has 2 heterocycles. The molecule has 0 radical (unpaired) electrons. The zero-order valence-corrected chi connectivity index (χ0v) is 23.3. The number of imide groups is 1. The van der Waals surface area contributed by atoms with Crippen LogP contribution in [-0.2, 0) is 24.0 Å². The average molecular weight is 580 g/mol. The summed E-state index contributed by atoms with van der Waals surface area (Å²) in [6, 6.07) is 13.7. The molecule has 0 bridgehead atoms. The molecule has 0 saturated carbocycles. The molecule has 1 unspecified atom stereocenters. The van der Waals surface area contributed by atoms with Gasteiger partial charge in [0.2, 0.25) is 18.0 Å². The molecular weight excluding hydrogens is 550 g/mol. The molecule has 13 heteroatoms. The average Bonchev–Trinajstić information content (AvgIpc) is 3.23. The minimum Gasteiger partial charge on any atom is -0.480 e. The van der Waals surface area contributed by atoms with Crippen molar-refractivity contribution in [2.45, 2.75) is 41.7 Å². The van der Waals surface area contributed by atoms with Gasteiger partial charge in [-0.05, 0) is 31.1 Å². The number of urea groups is 1. The number of carbonyl (C=O) groups excluding carboxylic acids is 5. The first kappa shape index (κ1) is 29.3. The van der Waals surface area contributed by atoms with Crippen molar-refractivity contribution in [3.8, 4) is 0 Å². The van der Waals surface area contributed by atoms with E-state index in [1.807, 2.05) is 6.07 Å². The largest absolute Gasteiger partial charge is 0.480 e. The number of carboxylic acids is 1. The summed E-state index contributed by atoms with van der Waals surface area (Å²) in [5.41, 5.74) is -0.851. The number of fused-ring (bicyclic) bond motifs is 1. The van der Waals surface area contributed by atoms with Crippen molar-refractivity contribution in [1.82, 2.24) is 25.8 Å². The van der Waals surface area contributed by atoms with Gasteiger partial charge in [-0.1, -0.05) is 60.7 Å². The molecule has 2 fully saturated rings. The van der Waals surface area contributed by atoms with Gasteiger partial charge in [-0.3, -0.25) is 24.1 Å². The van der Waals surface area contributed by atoms with Crippen LogP contribution in [0.5, 0.6) is 0 Å². The predicted octanol–water partition coefficient (Wildman–Crippen LogP) is 1.31. The van der Waals surface area contributed by atoms with Gasteiger partial charge in [0, 0.05) is 17.9 Å². The molecule has 0 spiro atoms. The number of amides is 6. The number of aliphatic carboxylic acids is 1. The number of carboxylic acid groups (broad SMARTS) is 1. The van der Waals surface area contributed by atoms with Crippen LogP contribution in [0.1, 0.15) is 31.0 Å². The molecular formula is C28H29N5O7S. The highest BCUT2D eigenvalue weighted by Gasteiger charge is 2.72. The zero-order chi connectivity index (χ0) is 29.9. The van der Waals surface area contributed by atoms with Gasteiger partial charge in [0.05, 0.1) is 0 Å². The molecule has 2 aromatic carbocycles. The Balaban J connectivity index is 1.56. The summed E-state index contributed by atoms with van der Waals surface area (Å²) in [7, 11) is 1.25. The van der Waals surface area contributed by atoms with Gasteiger partial charge in [0.15, 0.2) is 0 Å². The maximum atomic E-state index is 13.7. The number of hydrogen-bond donors (Lipinski definition) is 4. The van der Waals surface area contributed by atoms with Gasteiger partial charge in [0.25, 0.3) is 11.8 Å². The lowest BCUT2D eigenvalue weighted by molar-refractivity contribution is -0.172. The van der Waals surface area contributed by atoms with Crippen molar-refractivity contribution < 1.29 is 33.9 Å². The molecule has 2 aromatic rings. The zero-order valence-electron chi connectivity index (χ0n) is 22.4. The van der Waals surface area contributed by atoms with Crippen LogP contribution in [0.3, 0.4) is 0 Å². The second kappa shape index (κ2) is 11.5. The summed E-state index contributed by atoms with van der Waals surface area (Å²) < 4.78 is -0.924. The van der Waals surface area contributed by atoms with Crippen molar-refractivity contribution in [2.24, 2.45) is 0 Å². The van der Waals surface area contributed by atoms with Crippen LogP contribution >= 0.6 is 11.8 Å². The minimum atomic E-state index is -1.94. The fourth-order valence-corrected chi connectivity index (χ4v) is 6.47. The third-order valence-corrected chi connectivity index (χ3v) is 8.54. The Bertz CT molecular complexity index is 1400. The van der Waals surface area contributed by atoms with Crippen molar-refractivity contribution in [3.05, 3.63) is 77.9 Å². The summed E-state index contributed by atoms with van der Waals surface area (Å²) in [6.07, 6.45) is 3.01. The van der Waals surface area contributed by atoms with E-state index in [0.29, 0.717) is 5.56 Å². The molecule has 2 aliphatic heterocycles. The Labute approximate surface area is 240 Å².